The molecule has 10 rings (SSSR count). The number of rotatable bonds is 5. The van der Waals surface area contributed by atoms with Crippen molar-refractivity contribution in [3.63, 3.8) is 0 Å². The molecule has 0 radical (unpaired) electrons. The SMILES string of the molecule is Cc1cc(C)cc(-c2ccc3c(c2)c2ccccc2n3-c2cc(-c3cc(C)cc(C#N)c3)cc(-n3c4ccccc4c4cc(-c5cc(C)cc(C)c5)ccc43)c2C#N)c1. The van der Waals surface area contributed by atoms with Crippen LogP contribution in [0.4, 0.5) is 0 Å². The average Bonchev–Trinajstić information content (AvgIpc) is 3.74. The third-order valence-electron chi connectivity index (χ3n) is 11.7. The number of aromatic nitrogens is 2. The molecule has 10 aromatic rings. The van der Waals surface area contributed by atoms with Crippen molar-refractivity contribution in [3.05, 3.63) is 191 Å². The summed E-state index contributed by atoms with van der Waals surface area (Å²) in [5.41, 5.74) is 19.2. The molecular weight excluding hydrogens is 717 g/mol. The molecule has 0 bridgehead atoms. The zero-order valence-corrected chi connectivity index (χ0v) is 33.7. The Morgan fingerprint density at radius 1 is 0.339 bits per heavy atom. The summed E-state index contributed by atoms with van der Waals surface area (Å²) in [7, 11) is 0. The van der Waals surface area contributed by atoms with E-state index in [2.05, 4.69) is 188 Å². The van der Waals surface area contributed by atoms with Crippen LogP contribution in [0.2, 0.25) is 0 Å². The van der Waals surface area contributed by atoms with Crippen LogP contribution in [-0.4, -0.2) is 9.13 Å². The van der Waals surface area contributed by atoms with Gasteiger partial charge in [-0.05, 0) is 134 Å². The van der Waals surface area contributed by atoms with Crippen LogP contribution in [-0.2, 0) is 0 Å². The largest absolute Gasteiger partial charge is 0.308 e. The number of nitriles is 2. The quantitative estimate of drug-likeness (QED) is 0.176. The van der Waals surface area contributed by atoms with Crippen molar-refractivity contribution in [1.29, 1.82) is 10.5 Å². The Bertz CT molecular complexity index is 3240. The summed E-state index contributed by atoms with van der Waals surface area (Å²) < 4.78 is 4.52. The predicted octanol–water partition coefficient (Wildman–Crippen LogP) is 14.2. The van der Waals surface area contributed by atoms with Gasteiger partial charge in [0.1, 0.15) is 11.6 Å². The number of nitrogens with zero attached hydrogens (tertiary/aromatic N) is 4. The highest BCUT2D eigenvalue weighted by Gasteiger charge is 2.23. The van der Waals surface area contributed by atoms with Crippen molar-refractivity contribution in [2.75, 3.05) is 0 Å². The number of hydrogen-bond acceptors (Lipinski definition) is 2. The van der Waals surface area contributed by atoms with Gasteiger partial charge in [-0.15, -0.1) is 0 Å². The van der Waals surface area contributed by atoms with Gasteiger partial charge < -0.3 is 9.13 Å². The molecule has 0 aliphatic carbocycles. The summed E-state index contributed by atoms with van der Waals surface area (Å²) in [5, 5.41) is 26.0. The molecule has 0 saturated heterocycles. The van der Waals surface area contributed by atoms with E-state index in [4.69, 9.17) is 0 Å². The Hall–Kier alpha value is -7.66. The second kappa shape index (κ2) is 13.8. The maximum Gasteiger partial charge on any atom is 0.104 e. The number of benzene rings is 8. The van der Waals surface area contributed by atoms with Crippen LogP contribution >= 0.6 is 0 Å². The van der Waals surface area contributed by atoms with Crippen LogP contribution in [0.1, 0.15) is 38.9 Å². The fourth-order valence-electron chi connectivity index (χ4n) is 9.37. The fourth-order valence-corrected chi connectivity index (χ4v) is 9.37. The van der Waals surface area contributed by atoms with E-state index in [0.29, 0.717) is 11.1 Å². The molecule has 0 fully saturated rings. The van der Waals surface area contributed by atoms with Gasteiger partial charge in [-0.2, -0.15) is 10.5 Å². The Labute approximate surface area is 344 Å². The second-order valence-corrected chi connectivity index (χ2v) is 16.1. The molecule has 0 aliphatic heterocycles. The predicted molar refractivity (Wildman–Crippen MR) is 245 cm³/mol. The van der Waals surface area contributed by atoms with Gasteiger partial charge in [0.05, 0.1) is 45.1 Å². The molecule has 0 N–H and O–H groups in total. The summed E-state index contributed by atoms with van der Waals surface area (Å²) in [6, 6.07) is 59.0. The van der Waals surface area contributed by atoms with Crippen LogP contribution in [0.5, 0.6) is 0 Å². The fraction of sp³-hybridized carbons (Fsp3) is 0.0909. The lowest BCUT2D eigenvalue weighted by atomic mass is 9.97. The molecular formula is C55H40N4. The van der Waals surface area contributed by atoms with E-state index in [-0.39, 0.29) is 0 Å². The molecule has 2 heterocycles. The van der Waals surface area contributed by atoms with E-state index in [1.165, 1.54) is 33.4 Å². The topological polar surface area (TPSA) is 57.4 Å². The zero-order valence-electron chi connectivity index (χ0n) is 33.7. The highest BCUT2D eigenvalue weighted by molar-refractivity contribution is 6.12. The van der Waals surface area contributed by atoms with Gasteiger partial charge in [0.25, 0.3) is 0 Å². The Morgan fingerprint density at radius 3 is 1.17 bits per heavy atom. The standard InChI is InChI=1S/C55H40N4/c1-33-18-34(2)22-41(21-33)39-14-16-52-47(27-39)45-10-6-8-12-50(45)58(52)54-29-44(43-25-37(5)20-38(26-43)31-56)30-55(49(54)32-57)59-51-13-9-7-11-46(51)48-28-40(15-17-53(48)59)42-23-35(3)19-36(4)24-42/h6-30H,1-5H3. The van der Waals surface area contributed by atoms with Gasteiger partial charge in [0, 0.05) is 21.5 Å². The summed E-state index contributed by atoms with van der Waals surface area (Å²) in [4.78, 5) is 0. The molecule has 0 saturated carbocycles. The second-order valence-electron chi connectivity index (χ2n) is 16.1. The summed E-state index contributed by atoms with van der Waals surface area (Å²) in [5.74, 6) is 0. The molecule has 59 heavy (non-hydrogen) atoms. The van der Waals surface area contributed by atoms with Crippen molar-refractivity contribution >= 4 is 43.6 Å². The maximum absolute atomic E-state index is 11.4. The van der Waals surface area contributed by atoms with E-state index in [1.54, 1.807) is 0 Å². The minimum absolute atomic E-state index is 0.559. The Kier molecular flexibility index (Phi) is 8.34. The molecule has 0 spiro atoms. The van der Waals surface area contributed by atoms with Crippen LogP contribution < -0.4 is 0 Å². The van der Waals surface area contributed by atoms with Gasteiger partial charge in [-0.1, -0.05) is 113 Å². The number of para-hydroxylation sites is 2. The first-order valence-electron chi connectivity index (χ1n) is 20.0. The zero-order chi connectivity index (χ0) is 40.5. The van der Waals surface area contributed by atoms with Gasteiger partial charge >= 0.3 is 0 Å². The summed E-state index contributed by atoms with van der Waals surface area (Å²) >= 11 is 0. The van der Waals surface area contributed by atoms with Gasteiger partial charge in [0.15, 0.2) is 0 Å². The van der Waals surface area contributed by atoms with Crippen LogP contribution in [0.3, 0.4) is 0 Å². The molecule has 280 valence electrons. The third kappa shape index (κ3) is 5.97. The molecule has 0 aliphatic rings. The van der Waals surface area contributed by atoms with Crippen molar-refractivity contribution in [1.82, 2.24) is 9.13 Å². The van der Waals surface area contributed by atoms with E-state index >= 15 is 0 Å². The van der Waals surface area contributed by atoms with Gasteiger partial charge in [-0.3, -0.25) is 0 Å². The minimum atomic E-state index is 0.559. The number of hydrogen-bond donors (Lipinski definition) is 0. The summed E-state index contributed by atoms with van der Waals surface area (Å²) in [6.45, 7) is 10.6. The van der Waals surface area contributed by atoms with Crippen LogP contribution in [0.25, 0.3) is 88.4 Å². The van der Waals surface area contributed by atoms with Gasteiger partial charge in [0.2, 0.25) is 0 Å². The molecule has 0 atom stereocenters. The monoisotopic (exact) mass is 756 g/mol. The van der Waals surface area contributed by atoms with Crippen LogP contribution in [0, 0.1) is 57.3 Å². The van der Waals surface area contributed by atoms with Crippen molar-refractivity contribution in [2.24, 2.45) is 0 Å². The molecule has 0 amide bonds. The first-order chi connectivity index (χ1) is 28.7. The maximum atomic E-state index is 11.4. The van der Waals surface area contributed by atoms with Crippen LogP contribution in [0.15, 0.2) is 152 Å². The van der Waals surface area contributed by atoms with Gasteiger partial charge in [-0.25, -0.2) is 0 Å². The number of aryl methyl sites for hydroxylation is 5. The van der Waals surface area contributed by atoms with Crippen molar-refractivity contribution in [3.8, 4) is 56.9 Å². The smallest absolute Gasteiger partial charge is 0.104 e. The third-order valence-corrected chi connectivity index (χ3v) is 11.7. The highest BCUT2D eigenvalue weighted by Crippen LogP contribution is 2.42. The minimum Gasteiger partial charge on any atom is -0.308 e. The molecule has 0 unspecified atom stereocenters. The lowest BCUT2D eigenvalue weighted by molar-refractivity contribution is 1.12. The molecule has 4 heteroatoms. The Morgan fingerprint density at radius 2 is 0.729 bits per heavy atom. The van der Waals surface area contributed by atoms with E-state index in [9.17, 15) is 10.5 Å². The van der Waals surface area contributed by atoms with Crippen molar-refractivity contribution < 1.29 is 0 Å². The average molecular weight is 757 g/mol. The first kappa shape index (κ1) is 35.7. The molecule has 8 aromatic carbocycles. The normalized spacial score (nSPS) is 11.4. The van der Waals surface area contributed by atoms with E-state index in [1.807, 2.05) is 19.1 Å². The molecule has 2 aromatic heterocycles. The van der Waals surface area contributed by atoms with E-state index in [0.717, 1.165) is 82.8 Å². The summed E-state index contributed by atoms with van der Waals surface area (Å²) in [6.07, 6.45) is 0. The highest BCUT2D eigenvalue weighted by atomic mass is 15.0. The Balaban J connectivity index is 1.30. The lowest BCUT2D eigenvalue weighted by Crippen LogP contribution is -2.05. The van der Waals surface area contributed by atoms with Crippen molar-refractivity contribution in [2.45, 2.75) is 34.6 Å². The number of fused-ring (bicyclic) bond motifs is 6. The molecule has 4 nitrogen and oxygen atoms in total. The first-order valence-corrected chi connectivity index (χ1v) is 20.0. The van der Waals surface area contributed by atoms with E-state index < -0.39 is 0 Å². The lowest BCUT2D eigenvalue weighted by Gasteiger charge is -2.19.